The van der Waals surface area contributed by atoms with Crippen LogP contribution in [-0.2, 0) is 6.54 Å². The summed E-state index contributed by atoms with van der Waals surface area (Å²) in [6.45, 7) is 5.03. The van der Waals surface area contributed by atoms with Gasteiger partial charge in [-0.25, -0.2) is 4.98 Å². The van der Waals surface area contributed by atoms with Crippen molar-refractivity contribution in [2.75, 3.05) is 0 Å². The molecule has 0 aliphatic heterocycles. The van der Waals surface area contributed by atoms with E-state index in [0.29, 0.717) is 6.04 Å². The van der Waals surface area contributed by atoms with E-state index in [2.05, 4.69) is 17.2 Å². The molecule has 0 spiro atoms. The lowest BCUT2D eigenvalue weighted by Crippen LogP contribution is -2.36. The number of oxazole rings is 1. The van der Waals surface area contributed by atoms with Gasteiger partial charge in [0.15, 0.2) is 0 Å². The molecule has 2 atom stereocenters. The fraction of sp³-hybridized carbons (Fsp3) is 0.750. The van der Waals surface area contributed by atoms with Crippen LogP contribution >= 0.6 is 0 Å². The average Bonchev–Trinajstić information content (AvgIpc) is 2.63. The van der Waals surface area contributed by atoms with Crippen LogP contribution in [0.5, 0.6) is 0 Å². The van der Waals surface area contributed by atoms with E-state index in [9.17, 15) is 0 Å². The molecule has 0 bridgehead atoms. The van der Waals surface area contributed by atoms with Gasteiger partial charge in [-0.2, -0.15) is 0 Å². The van der Waals surface area contributed by atoms with Crippen molar-refractivity contribution in [1.29, 1.82) is 0 Å². The van der Waals surface area contributed by atoms with E-state index in [1.807, 2.05) is 6.92 Å². The molecule has 1 heterocycles. The summed E-state index contributed by atoms with van der Waals surface area (Å²) < 4.78 is 5.44. The van der Waals surface area contributed by atoms with Gasteiger partial charge < -0.3 is 9.73 Å². The topological polar surface area (TPSA) is 38.1 Å². The van der Waals surface area contributed by atoms with Crippen LogP contribution in [0.25, 0.3) is 0 Å². The minimum Gasteiger partial charge on any atom is -0.445 e. The van der Waals surface area contributed by atoms with E-state index < -0.39 is 0 Å². The van der Waals surface area contributed by atoms with Crippen LogP contribution in [0, 0.1) is 12.8 Å². The van der Waals surface area contributed by atoms with Crippen molar-refractivity contribution in [1.82, 2.24) is 10.3 Å². The van der Waals surface area contributed by atoms with Gasteiger partial charge in [-0.3, -0.25) is 0 Å². The maximum atomic E-state index is 5.44. The summed E-state index contributed by atoms with van der Waals surface area (Å²) in [5.41, 5.74) is 0. The molecule has 1 aromatic rings. The van der Waals surface area contributed by atoms with Crippen LogP contribution in [-0.4, -0.2) is 11.0 Å². The quantitative estimate of drug-likeness (QED) is 0.829. The van der Waals surface area contributed by atoms with Crippen LogP contribution in [0.15, 0.2) is 10.6 Å². The Kier molecular flexibility index (Phi) is 3.41. The Morgan fingerprint density at radius 1 is 1.47 bits per heavy atom. The third-order valence-corrected chi connectivity index (χ3v) is 3.30. The molecule has 1 N–H and O–H groups in total. The van der Waals surface area contributed by atoms with Gasteiger partial charge in [0.05, 0.1) is 12.7 Å². The van der Waals surface area contributed by atoms with Crippen LogP contribution < -0.4 is 5.32 Å². The second-order valence-corrected chi connectivity index (χ2v) is 4.61. The SMILES string of the molecule is Cc1cnc(CNC2CCCCC2C)o1. The number of nitrogens with one attached hydrogen (secondary N) is 1. The average molecular weight is 208 g/mol. The van der Waals surface area contributed by atoms with Crippen molar-refractivity contribution in [3.8, 4) is 0 Å². The Bertz CT molecular complexity index is 308. The Morgan fingerprint density at radius 2 is 2.27 bits per heavy atom. The van der Waals surface area contributed by atoms with E-state index in [4.69, 9.17) is 4.42 Å². The van der Waals surface area contributed by atoms with E-state index in [1.165, 1.54) is 25.7 Å². The van der Waals surface area contributed by atoms with Crippen molar-refractivity contribution >= 4 is 0 Å². The van der Waals surface area contributed by atoms with Gasteiger partial charge in [-0.1, -0.05) is 19.8 Å². The summed E-state index contributed by atoms with van der Waals surface area (Å²) in [5, 5.41) is 3.54. The molecule has 15 heavy (non-hydrogen) atoms. The summed E-state index contributed by atoms with van der Waals surface area (Å²) in [4.78, 5) is 4.20. The first-order valence-corrected chi connectivity index (χ1v) is 5.90. The fourth-order valence-corrected chi connectivity index (χ4v) is 2.32. The first-order chi connectivity index (χ1) is 7.25. The predicted molar refractivity (Wildman–Crippen MR) is 59.5 cm³/mol. The van der Waals surface area contributed by atoms with Gasteiger partial charge in [-0.05, 0) is 25.7 Å². The zero-order valence-corrected chi connectivity index (χ0v) is 9.62. The Balaban J connectivity index is 1.81. The number of aromatic nitrogens is 1. The van der Waals surface area contributed by atoms with Crippen LogP contribution in [0.3, 0.4) is 0 Å². The van der Waals surface area contributed by atoms with Gasteiger partial charge in [0.1, 0.15) is 5.76 Å². The molecule has 0 saturated heterocycles. The van der Waals surface area contributed by atoms with Crippen molar-refractivity contribution in [2.24, 2.45) is 5.92 Å². The van der Waals surface area contributed by atoms with E-state index in [-0.39, 0.29) is 0 Å². The Hall–Kier alpha value is -0.830. The molecule has 1 fully saturated rings. The van der Waals surface area contributed by atoms with Crippen LogP contribution in [0.2, 0.25) is 0 Å². The number of hydrogen-bond donors (Lipinski definition) is 1. The molecule has 0 aromatic carbocycles. The third-order valence-electron chi connectivity index (χ3n) is 3.30. The van der Waals surface area contributed by atoms with Gasteiger partial charge in [0.2, 0.25) is 5.89 Å². The highest BCUT2D eigenvalue weighted by Crippen LogP contribution is 2.23. The van der Waals surface area contributed by atoms with Gasteiger partial charge in [0, 0.05) is 6.04 Å². The standard InChI is InChI=1S/C12H20N2O/c1-9-5-3-4-6-11(9)13-8-12-14-7-10(2)15-12/h7,9,11,13H,3-6,8H2,1-2H3. The first kappa shape index (κ1) is 10.7. The minimum absolute atomic E-state index is 0.644. The predicted octanol–water partition coefficient (Wildman–Crippen LogP) is 2.65. The summed E-state index contributed by atoms with van der Waals surface area (Å²) >= 11 is 0. The summed E-state index contributed by atoms with van der Waals surface area (Å²) in [6.07, 6.45) is 7.16. The van der Waals surface area contributed by atoms with Crippen molar-refractivity contribution < 1.29 is 4.42 Å². The molecule has 1 saturated carbocycles. The monoisotopic (exact) mass is 208 g/mol. The number of hydrogen-bond acceptors (Lipinski definition) is 3. The second-order valence-electron chi connectivity index (χ2n) is 4.61. The smallest absolute Gasteiger partial charge is 0.208 e. The second kappa shape index (κ2) is 4.79. The lowest BCUT2D eigenvalue weighted by atomic mass is 9.86. The molecule has 1 aliphatic rings. The van der Waals surface area contributed by atoms with Crippen LogP contribution in [0.4, 0.5) is 0 Å². The molecular weight excluding hydrogens is 188 g/mol. The lowest BCUT2D eigenvalue weighted by molar-refractivity contribution is 0.270. The number of aryl methyl sites for hydroxylation is 1. The van der Waals surface area contributed by atoms with E-state index in [1.54, 1.807) is 6.20 Å². The largest absolute Gasteiger partial charge is 0.445 e. The minimum atomic E-state index is 0.644. The number of nitrogens with zero attached hydrogens (tertiary/aromatic N) is 1. The zero-order valence-electron chi connectivity index (χ0n) is 9.62. The van der Waals surface area contributed by atoms with Crippen molar-refractivity contribution in [2.45, 2.75) is 52.1 Å². The highest BCUT2D eigenvalue weighted by Gasteiger charge is 2.20. The lowest BCUT2D eigenvalue weighted by Gasteiger charge is -2.29. The molecule has 1 aliphatic carbocycles. The zero-order chi connectivity index (χ0) is 10.7. The Morgan fingerprint density at radius 3 is 2.93 bits per heavy atom. The summed E-state index contributed by atoms with van der Waals surface area (Å²) in [5.74, 6) is 2.49. The van der Waals surface area contributed by atoms with E-state index >= 15 is 0 Å². The normalized spacial score (nSPS) is 26.8. The third kappa shape index (κ3) is 2.81. The maximum absolute atomic E-state index is 5.44. The Labute approximate surface area is 91.3 Å². The summed E-state index contributed by atoms with van der Waals surface area (Å²) in [6, 6.07) is 0.644. The molecule has 0 radical (unpaired) electrons. The maximum Gasteiger partial charge on any atom is 0.208 e. The summed E-state index contributed by atoms with van der Waals surface area (Å²) in [7, 11) is 0. The number of rotatable bonds is 3. The highest BCUT2D eigenvalue weighted by molar-refractivity contribution is 4.91. The molecule has 84 valence electrons. The van der Waals surface area contributed by atoms with Crippen molar-refractivity contribution in [3.63, 3.8) is 0 Å². The molecule has 2 rings (SSSR count). The molecule has 2 unspecified atom stereocenters. The highest BCUT2D eigenvalue weighted by atomic mass is 16.4. The van der Waals surface area contributed by atoms with Gasteiger partial charge in [0.25, 0.3) is 0 Å². The van der Waals surface area contributed by atoms with Crippen LogP contribution in [0.1, 0.15) is 44.3 Å². The van der Waals surface area contributed by atoms with Gasteiger partial charge in [-0.15, -0.1) is 0 Å². The van der Waals surface area contributed by atoms with E-state index in [0.717, 1.165) is 24.1 Å². The molecular formula is C12H20N2O. The first-order valence-electron chi connectivity index (χ1n) is 5.90. The molecule has 1 aromatic heterocycles. The molecule has 0 amide bonds. The molecule has 3 heteroatoms. The fourth-order valence-electron chi connectivity index (χ4n) is 2.32. The molecule has 3 nitrogen and oxygen atoms in total. The van der Waals surface area contributed by atoms with Gasteiger partial charge >= 0.3 is 0 Å². The van der Waals surface area contributed by atoms with Crippen molar-refractivity contribution in [3.05, 3.63) is 17.8 Å².